The standard InChI is InChI=1S/C17H27N5O2/c23-16(6-5-13-7-8-18-9-13)21-15-10-19-22(11-15)12-17(24)20-14-3-1-2-4-14/h10-11,13-14,18H,1-9,12H2,(H,20,24)(H,21,23). The van der Waals surface area contributed by atoms with Crippen LogP contribution in [0.4, 0.5) is 5.69 Å². The minimum Gasteiger partial charge on any atom is -0.352 e. The third-order valence-corrected chi connectivity index (χ3v) is 4.88. The van der Waals surface area contributed by atoms with E-state index in [-0.39, 0.29) is 18.4 Å². The van der Waals surface area contributed by atoms with E-state index in [2.05, 4.69) is 21.0 Å². The van der Waals surface area contributed by atoms with Crippen molar-refractivity contribution in [1.82, 2.24) is 20.4 Å². The first-order valence-electron chi connectivity index (χ1n) is 9.01. The molecule has 24 heavy (non-hydrogen) atoms. The Balaban J connectivity index is 1.39. The lowest BCUT2D eigenvalue weighted by Gasteiger charge is -2.11. The Bertz CT molecular complexity index is 559. The lowest BCUT2D eigenvalue weighted by molar-refractivity contribution is -0.122. The van der Waals surface area contributed by atoms with Crippen LogP contribution in [0, 0.1) is 5.92 Å². The molecule has 1 unspecified atom stereocenters. The molecule has 7 heteroatoms. The summed E-state index contributed by atoms with van der Waals surface area (Å²) in [4.78, 5) is 24.0. The van der Waals surface area contributed by atoms with Gasteiger partial charge < -0.3 is 16.0 Å². The summed E-state index contributed by atoms with van der Waals surface area (Å²) in [6.45, 7) is 2.27. The normalized spacial score (nSPS) is 21.1. The van der Waals surface area contributed by atoms with E-state index in [0.717, 1.165) is 38.8 Å². The van der Waals surface area contributed by atoms with Crippen molar-refractivity contribution in [3.8, 4) is 0 Å². The number of amides is 2. The third-order valence-electron chi connectivity index (χ3n) is 4.88. The average Bonchev–Trinajstić information content (AvgIpc) is 3.28. The average molecular weight is 333 g/mol. The van der Waals surface area contributed by atoms with Gasteiger partial charge in [0.2, 0.25) is 11.8 Å². The molecule has 0 spiro atoms. The molecule has 1 atom stereocenters. The zero-order chi connectivity index (χ0) is 16.8. The van der Waals surface area contributed by atoms with Crippen molar-refractivity contribution in [1.29, 1.82) is 0 Å². The van der Waals surface area contributed by atoms with Gasteiger partial charge in [-0.05, 0) is 44.7 Å². The van der Waals surface area contributed by atoms with E-state index in [0.29, 0.717) is 24.1 Å². The Kier molecular flexibility index (Phi) is 5.85. The number of hydrogen-bond acceptors (Lipinski definition) is 4. The van der Waals surface area contributed by atoms with Crippen molar-refractivity contribution in [3.05, 3.63) is 12.4 Å². The first kappa shape index (κ1) is 17.0. The number of aromatic nitrogens is 2. The summed E-state index contributed by atoms with van der Waals surface area (Å²) in [5, 5.41) is 13.4. The maximum absolute atomic E-state index is 12.0. The van der Waals surface area contributed by atoms with Crippen molar-refractivity contribution >= 4 is 17.5 Å². The van der Waals surface area contributed by atoms with Crippen LogP contribution in [0.15, 0.2) is 12.4 Å². The predicted octanol–water partition coefficient (Wildman–Crippen LogP) is 1.27. The third kappa shape index (κ3) is 5.06. The highest BCUT2D eigenvalue weighted by Gasteiger charge is 2.18. The van der Waals surface area contributed by atoms with E-state index in [9.17, 15) is 9.59 Å². The number of nitrogens with one attached hydrogen (secondary N) is 3. The number of carbonyl (C=O) groups is 2. The molecule has 2 fully saturated rings. The van der Waals surface area contributed by atoms with Gasteiger partial charge in [-0.1, -0.05) is 12.8 Å². The smallest absolute Gasteiger partial charge is 0.241 e. The summed E-state index contributed by atoms with van der Waals surface area (Å²) in [5.41, 5.74) is 0.651. The number of nitrogens with zero attached hydrogens (tertiary/aromatic N) is 2. The molecule has 1 saturated heterocycles. The van der Waals surface area contributed by atoms with Gasteiger partial charge in [-0.2, -0.15) is 5.10 Å². The molecule has 0 bridgehead atoms. The highest BCUT2D eigenvalue weighted by atomic mass is 16.2. The molecular formula is C17H27N5O2. The molecule has 0 aromatic carbocycles. The van der Waals surface area contributed by atoms with Crippen molar-refractivity contribution in [2.45, 2.75) is 57.5 Å². The number of carbonyl (C=O) groups excluding carboxylic acids is 2. The summed E-state index contributed by atoms with van der Waals surface area (Å²) >= 11 is 0. The van der Waals surface area contributed by atoms with E-state index in [1.54, 1.807) is 17.1 Å². The van der Waals surface area contributed by atoms with Gasteiger partial charge in [0.15, 0.2) is 0 Å². The van der Waals surface area contributed by atoms with E-state index in [1.807, 2.05) is 0 Å². The lowest BCUT2D eigenvalue weighted by atomic mass is 10.0. The van der Waals surface area contributed by atoms with Crippen molar-refractivity contribution in [2.75, 3.05) is 18.4 Å². The molecule has 1 aliphatic carbocycles. The van der Waals surface area contributed by atoms with Crippen LogP contribution in [0.2, 0.25) is 0 Å². The first-order chi connectivity index (χ1) is 11.7. The maximum Gasteiger partial charge on any atom is 0.241 e. The molecule has 2 aliphatic rings. The van der Waals surface area contributed by atoms with Crippen LogP contribution in [-0.2, 0) is 16.1 Å². The van der Waals surface area contributed by atoms with Crippen molar-refractivity contribution in [2.24, 2.45) is 5.92 Å². The number of hydrogen-bond donors (Lipinski definition) is 3. The van der Waals surface area contributed by atoms with Crippen LogP contribution in [0.5, 0.6) is 0 Å². The molecule has 132 valence electrons. The molecule has 1 saturated carbocycles. The molecule has 0 radical (unpaired) electrons. The van der Waals surface area contributed by atoms with E-state index in [4.69, 9.17) is 0 Å². The fourth-order valence-electron chi connectivity index (χ4n) is 3.52. The zero-order valence-electron chi connectivity index (χ0n) is 14.1. The Morgan fingerprint density at radius 3 is 2.83 bits per heavy atom. The van der Waals surface area contributed by atoms with Gasteiger partial charge in [0.1, 0.15) is 6.54 Å². The van der Waals surface area contributed by atoms with Crippen molar-refractivity contribution < 1.29 is 9.59 Å². The summed E-state index contributed by atoms with van der Waals surface area (Å²) in [7, 11) is 0. The second kappa shape index (κ2) is 8.28. The van der Waals surface area contributed by atoms with E-state index >= 15 is 0 Å². The summed E-state index contributed by atoms with van der Waals surface area (Å²) < 4.78 is 1.57. The highest BCUT2D eigenvalue weighted by Crippen LogP contribution is 2.17. The summed E-state index contributed by atoms with van der Waals surface area (Å²) in [5.74, 6) is 0.603. The lowest BCUT2D eigenvalue weighted by Crippen LogP contribution is -2.35. The van der Waals surface area contributed by atoms with Gasteiger partial charge in [0, 0.05) is 18.7 Å². The monoisotopic (exact) mass is 333 g/mol. The molecule has 1 aromatic rings. The van der Waals surface area contributed by atoms with Crippen LogP contribution in [0.1, 0.15) is 44.9 Å². The molecule has 3 N–H and O–H groups in total. The van der Waals surface area contributed by atoms with Crippen LogP contribution in [0.25, 0.3) is 0 Å². The quantitative estimate of drug-likeness (QED) is 0.701. The van der Waals surface area contributed by atoms with Gasteiger partial charge in [-0.25, -0.2) is 0 Å². The van der Waals surface area contributed by atoms with Gasteiger partial charge in [-0.15, -0.1) is 0 Å². The molecule has 1 aromatic heterocycles. The van der Waals surface area contributed by atoms with Gasteiger partial charge >= 0.3 is 0 Å². The second-order valence-corrected chi connectivity index (χ2v) is 6.92. The maximum atomic E-state index is 12.0. The molecular weight excluding hydrogens is 306 g/mol. The topological polar surface area (TPSA) is 88.1 Å². The van der Waals surface area contributed by atoms with Gasteiger partial charge in [0.05, 0.1) is 11.9 Å². The Labute approximate surface area is 142 Å². The zero-order valence-corrected chi connectivity index (χ0v) is 14.1. The minimum atomic E-state index is -0.0170. The van der Waals surface area contributed by atoms with E-state index < -0.39 is 0 Å². The second-order valence-electron chi connectivity index (χ2n) is 6.92. The molecule has 3 rings (SSSR count). The minimum absolute atomic E-state index is 0.0110. The highest BCUT2D eigenvalue weighted by molar-refractivity contribution is 5.90. The number of rotatable bonds is 7. The predicted molar refractivity (Wildman–Crippen MR) is 91.5 cm³/mol. The summed E-state index contributed by atoms with van der Waals surface area (Å²) in [6, 6.07) is 0.317. The van der Waals surface area contributed by atoms with Crippen molar-refractivity contribution in [3.63, 3.8) is 0 Å². The fraction of sp³-hybridized carbons (Fsp3) is 0.706. The van der Waals surface area contributed by atoms with Gasteiger partial charge in [-0.3, -0.25) is 14.3 Å². The Hall–Kier alpha value is -1.89. The Morgan fingerprint density at radius 1 is 1.25 bits per heavy atom. The van der Waals surface area contributed by atoms with Crippen LogP contribution in [-0.4, -0.2) is 40.7 Å². The fourth-order valence-corrected chi connectivity index (χ4v) is 3.52. The van der Waals surface area contributed by atoms with Gasteiger partial charge in [0.25, 0.3) is 0 Å². The molecule has 2 amide bonds. The molecule has 2 heterocycles. The van der Waals surface area contributed by atoms with Crippen LogP contribution >= 0.6 is 0 Å². The molecule has 1 aliphatic heterocycles. The molecule has 7 nitrogen and oxygen atoms in total. The summed E-state index contributed by atoms with van der Waals surface area (Å²) in [6.07, 6.45) is 10.4. The van der Waals surface area contributed by atoms with E-state index in [1.165, 1.54) is 12.8 Å². The number of anilines is 1. The Morgan fingerprint density at radius 2 is 2.08 bits per heavy atom. The SMILES string of the molecule is O=C(CCC1CCNC1)Nc1cnn(CC(=O)NC2CCCC2)c1. The van der Waals surface area contributed by atoms with Crippen LogP contribution in [0.3, 0.4) is 0 Å². The first-order valence-corrected chi connectivity index (χ1v) is 9.01. The van der Waals surface area contributed by atoms with Crippen LogP contribution < -0.4 is 16.0 Å². The largest absolute Gasteiger partial charge is 0.352 e.